The van der Waals surface area contributed by atoms with Gasteiger partial charge in [-0.1, -0.05) is 0 Å². The molecule has 1 atom stereocenters. The third-order valence-corrected chi connectivity index (χ3v) is 4.17. The number of aliphatic imine (C=N–C) groups is 1. The number of nitrogens with zero attached hydrogens (tertiary/aromatic N) is 3. The topological polar surface area (TPSA) is 138 Å². The van der Waals surface area contributed by atoms with Crippen LogP contribution >= 0.6 is 12.4 Å². The lowest BCUT2D eigenvalue weighted by molar-refractivity contribution is -0.0145. The second-order valence-corrected chi connectivity index (χ2v) is 6.12. The number of hydrogen-bond acceptors (Lipinski definition) is 8. The minimum absolute atomic E-state index is 0. The second kappa shape index (κ2) is 9.13. The zero-order valence-corrected chi connectivity index (χ0v) is 16.4. The number of hydrogen-bond donors (Lipinski definition) is 3. The maximum atomic E-state index is 14.4. The van der Waals surface area contributed by atoms with Crippen LogP contribution in [0.4, 0.5) is 24.7 Å². The van der Waals surface area contributed by atoms with Crippen LogP contribution in [0.5, 0.6) is 5.88 Å². The molecule has 13 heteroatoms. The largest absolute Gasteiger partial charge is 0.480 e. The highest BCUT2D eigenvalue weighted by Crippen LogP contribution is 2.38. The highest BCUT2D eigenvalue weighted by Gasteiger charge is 2.46. The number of alkyl halides is 2. The molecule has 0 unspecified atom stereocenters. The van der Waals surface area contributed by atoms with Gasteiger partial charge in [0.15, 0.2) is 17.1 Å². The van der Waals surface area contributed by atoms with Crippen molar-refractivity contribution >= 4 is 35.7 Å². The van der Waals surface area contributed by atoms with E-state index >= 15 is 0 Å². The highest BCUT2D eigenvalue weighted by molar-refractivity contribution is 6.05. The molecule has 0 saturated carbocycles. The van der Waals surface area contributed by atoms with Crippen LogP contribution in [-0.4, -0.2) is 48.5 Å². The Morgan fingerprint density at radius 3 is 2.70 bits per heavy atom. The van der Waals surface area contributed by atoms with Crippen molar-refractivity contribution in [1.82, 2.24) is 9.97 Å². The van der Waals surface area contributed by atoms with Crippen molar-refractivity contribution in [2.75, 3.05) is 31.4 Å². The number of ether oxygens (including phenoxy) is 2. The molecule has 5 N–H and O–H groups in total. The fourth-order valence-electron chi connectivity index (χ4n) is 2.78. The van der Waals surface area contributed by atoms with Crippen LogP contribution in [0.3, 0.4) is 0 Å². The van der Waals surface area contributed by atoms with Crippen molar-refractivity contribution in [3.8, 4) is 5.88 Å². The number of amidine groups is 1. The number of carbonyl (C=O) groups excluding carboxylic acids is 1. The first-order chi connectivity index (χ1) is 13.8. The lowest BCUT2D eigenvalue weighted by Gasteiger charge is -2.33. The number of anilines is 2. The number of methoxy groups -OCH3 is 1. The molecule has 1 aromatic carbocycles. The van der Waals surface area contributed by atoms with Gasteiger partial charge in [-0.05, 0) is 18.2 Å². The Labute approximate surface area is 175 Å². The maximum Gasteiger partial charge on any atom is 0.278 e. The van der Waals surface area contributed by atoms with E-state index < -0.39 is 35.9 Å². The number of aromatic nitrogens is 2. The lowest BCUT2D eigenvalue weighted by atomic mass is 9.90. The van der Waals surface area contributed by atoms with E-state index in [1.165, 1.54) is 19.4 Å². The van der Waals surface area contributed by atoms with Gasteiger partial charge in [0.1, 0.15) is 18.3 Å². The second-order valence-electron chi connectivity index (χ2n) is 6.12. The molecule has 0 bridgehead atoms. The van der Waals surface area contributed by atoms with Crippen molar-refractivity contribution < 1.29 is 27.4 Å². The quantitative estimate of drug-likeness (QED) is 0.635. The Bertz CT molecular complexity index is 978. The molecule has 9 nitrogen and oxygen atoms in total. The van der Waals surface area contributed by atoms with Gasteiger partial charge in [0.2, 0.25) is 5.88 Å². The van der Waals surface area contributed by atoms with Crippen LogP contribution in [0.15, 0.2) is 29.4 Å². The van der Waals surface area contributed by atoms with E-state index in [1.54, 1.807) is 0 Å². The number of benzene rings is 1. The lowest BCUT2D eigenvalue weighted by Crippen LogP contribution is -2.45. The first-order valence-electron chi connectivity index (χ1n) is 8.25. The third-order valence-electron chi connectivity index (χ3n) is 4.17. The molecule has 1 aliphatic heterocycles. The van der Waals surface area contributed by atoms with Crippen molar-refractivity contribution in [2.24, 2.45) is 10.7 Å². The van der Waals surface area contributed by atoms with Gasteiger partial charge in [-0.25, -0.2) is 18.2 Å². The van der Waals surface area contributed by atoms with E-state index in [4.69, 9.17) is 20.9 Å². The van der Waals surface area contributed by atoms with E-state index in [2.05, 4.69) is 20.3 Å². The number of nitrogen functional groups attached to an aromatic ring is 1. The Balaban J connectivity index is 0.00000320. The Hall–Kier alpha value is -3.12. The number of amides is 1. The van der Waals surface area contributed by atoms with Gasteiger partial charge in [0.25, 0.3) is 12.3 Å². The Morgan fingerprint density at radius 1 is 1.37 bits per heavy atom. The molecule has 0 aliphatic carbocycles. The third kappa shape index (κ3) is 4.39. The fourth-order valence-corrected chi connectivity index (χ4v) is 2.78. The standard InChI is InChI=1S/C17H17F3N6O3.ClH/c1-28-12-5-23-13(14(22)25-12)15(27)24-8-2-3-10(18)9(4-8)17(16(19)20)7-29-6-11(21)26-17;/h2-5,16H,6-7H2,1H3,(H2,21,26)(H2,22,25)(H,24,27);1H/t17-;/m0./s1. The van der Waals surface area contributed by atoms with Gasteiger partial charge >= 0.3 is 0 Å². The zero-order chi connectivity index (χ0) is 21.2. The van der Waals surface area contributed by atoms with Gasteiger partial charge in [-0.2, -0.15) is 4.98 Å². The summed E-state index contributed by atoms with van der Waals surface area (Å²) in [5, 5.41) is 2.42. The Kier molecular flexibility index (Phi) is 7.05. The van der Waals surface area contributed by atoms with Gasteiger partial charge in [0.05, 0.1) is 19.9 Å². The van der Waals surface area contributed by atoms with Crippen LogP contribution in [0.2, 0.25) is 0 Å². The van der Waals surface area contributed by atoms with Crippen LogP contribution in [0.1, 0.15) is 16.1 Å². The molecule has 2 aromatic rings. The predicted octanol–water partition coefficient (Wildman–Crippen LogP) is 1.73. The highest BCUT2D eigenvalue weighted by atomic mass is 35.5. The van der Waals surface area contributed by atoms with E-state index in [1.807, 2.05) is 0 Å². The summed E-state index contributed by atoms with van der Waals surface area (Å²) in [6.07, 6.45) is -1.92. The summed E-state index contributed by atoms with van der Waals surface area (Å²) in [5.74, 6) is -2.01. The van der Waals surface area contributed by atoms with Crippen molar-refractivity contribution in [3.63, 3.8) is 0 Å². The van der Waals surface area contributed by atoms with E-state index in [-0.39, 0.29) is 47.9 Å². The normalized spacial score (nSPS) is 18.4. The summed E-state index contributed by atoms with van der Waals surface area (Å²) in [5.41, 5.74) is 8.21. The molecule has 1 amide bonds. The van der Waals surface area contributed by atoms with E-state index in [0.29, 0.717) is 0 Å². The maximum absolute atomic E-state index is 14.4. The summed E-state index contributed by atoms with van der Waals surface area (Å²) < 4.78 is 52.0. The molecular weight excluding hydrogens is 429 g/mol. The van der Waals surface area contributed by atoms with Gasteiger partial charge in [-0.3, -0.25) is 9.79 Å². The average Bonchev–Trinajstić information content (AvgIpc) is 2.68. The van der Waals surface area contributed by atoms with Crippen LogP contribution in [0.25, 0.3) is 0 Å². The zero-order valence-electron chi connectivity index (χ0n) is 15.6. The van der Waals surface area contributed by atoms with Gasteiger partial charge in [-0.15, -0.1) is 12.4 Å². The van der Waals surface area contributed by atoms with Crippen LogP contribution < -0.4 is 21.5 Å². The van der Waals surface area contributed by atoms with Crippen molar-refractivity contribution in [3.05, 3.63) is 41.5 Å². The molecule has 1 aliphatic rings. The minimum Gasteiger partial charge on any atom is -0.480 e. The first-order valence-corrected chi connectivity index (χ1v) is 8.25. The monoisotopic (exact) mass is 446 g/mol. The molecule has 162 valence electrons. The number of nitrogens with two attached hydrogens (primary N) is 2. The molecule has 30 heavy (non-hydrogen) atoms. The Morgan fingerprint density at radius 2 is 2.10 bits per heavy atom. The van der Waals surface area contributed by atoms with E-state index in [9.17, 15) is 18.0 Å². The predicted molar refractivity (Wildman–Crippen MR) is 105 cm³/mol. The molecule has 2 heterocycles. The van der Waals surface area contributed by atoms with Crippen LogP contribution in [-0.2, 0) is 10.3 Å². The van der Waals surface area contributed by atoms with Gasteiger partial charge in [0, 0.05) is 11.3 Å². The summed E-state index contributed by atoms with van der Waals surface area (Å²) in [6, 6.07) is 3.16. The summed E-state index contributed by atoms with van der Waals surface area (Å²) in [7, 11) is 1.35. The smallest absolute Gasteiger partial charge is 0.278 e. The summed E-state index contributed by atoms with van der Waals surface area (Å²) in [4.78, 5) is 23.9. The molecule has 0 spiro atoms. The minimum atomic E-state index is -3.11. The molecule has 0 fully saturated rings. The molecule has 0 saturated heterocycles. The number of rotatable bonds is 5. The van der Waals surface area contributed by atoms with Gasteiger partial charge < -0.3 is 26.3 Å². The fraction of sp³-hybridized carbons (Fsp3) is 0.294. The summed E-state index contributed by atoms with van der Waals surface area (Å²) >= 11 is 0. The molecule has 0 radical (unpaired) electrons. The molecular formula is C17H18ClF3N6O3. The SMILES string of the molecule is COc1cnc(C(=O)Nc2ccc(F)c([C@]3(C(F)F)COCC(N)=N3)c2)c(N)n1.Cl. The van der Waals surface area contributed by atoms with Crippen LogP contribution in [0, 0.1) is 5.82 Å². The van der Waals surface area contributed by atoms with Crippen molar-refractivity contribution in [1.29, 1.82) is 0 Å². The van der Waals surface area contributed by atoms with E-state index in [0.717, 1.165) is 12.1 Å². The first kappa shape index (κ1) is 23.2. The van der Waals surface area contributed by atoms with Crippen molar-refractivity contribution in [2.45, 2.75) is 12.0 Å². The number of carbonyl (C=O) groups is 1. The number of nitrogens with one attached hydrogen (secondary N) is 1. The number of halogens is 4. The average molecular weight is 447 g/mol. The molecule has 1 aromatic heterocycles. The molecule has 3 rings (SSSR count). The summed E-state index contributed by atoms with van der Waals surface area (Å²) in [6.45, 7) is -0.710.